The van der Waals surface area contributed by atoms with Gasteiger partial charge in [-0.15, -0.1) is 0 Å². The van der Waals surface area contributed by atoms with E-state index in [-0.39, 0.29) is 31.1 Å². The smallest absolute Gasteiger partial charge is 0.306 e. The standard InChI is InChI=1S/C73H128O6/c1-4-7-10-13-16-19-22-25-28-31-33-35-36-37-38-39-41-42-45-48-51-54-57-60-63-66-72(75)78-69-70(68-77-71(74)65-62-59-56-53-50-47-44-30-27-24-21-18-15-12-9-6-3)79-73(76)67-64-61-58-55-52-49-46-43-40-34-32-29-26-23-20-17-14-11-8-5-2/h7,10,16,19,21,24-25,28,30,33,35,37-38,44,70H,4-6,8-9,11-15,17-18,20,22-23,26-27,29,31-32,34,36,39-43,45-69H2,1-3H3/b10-7-,19-16-,24-21-,28-25-,35-33-,38-37-,44-30-. The molecule has 456 valence electrons. The van der Waals surface area contributed by atoms with E-state index in [9.17, 15) is 14.4 Å². The predicted octanol–water partition coefficient (Wildman–Crippen LogP) is 23.4. The Morgan fingerprint density at radius 3 is 0.785 bits per heavy atom. The van der Waals surface area contributed by atoms with Gasteiger partial charge in [0.25, 0.3) is 0 Å². The maximum absolute atomic E-state index is 12.9. The third kappa shape index (κ3) is 65.3. The minimum atomic E-state index is -0.785. The Balaban J connectivity index is 4.36. The number of unbranched alkanes of at least 4 members (excludes halogenated alkanes) is 37. The SMILES string of the molecule is CC/C=C\C/C=C\C/C=C\C/C=C\C/C=C\CCCCCCCCCCCC(=O)OCC(COC(=O)CCCCCCC/C=C\C/C=C\CCCCCC)OC(=O)CCCCCCCCCCCCCCCCCCCCCC. The first kappa shape index (κ1) is 75.6. The third-order valence-corrected chi connectivity index (χ3v) is 14.9. The summed E-state index contributed by atoms with van der Waals surface area (Å²) in [7, 11) is 0. The Kier molecular flexibility index (Phi) is 64.2. The second-order valence-electron chi connectivity index (χ2n) is 22.7. The summed E-state index contributed by atoms with van der Waals surface area (Å²) in [5, 5.41) is 0. The van der Waals surface area contributed by atoms with Gasteiger partial charge in [0, 0.05) is 19.3 Å². The van der Waals surface area contributed by atoms with Gasteiger partial charge in [0.15, 0.2) is 6.10 Å². The van der Waals surface area contributed by atoms with Gasteiger partial charge in [0.2, 0.25) is 0 Å². The molecule has 0 fully saturated rings. The number of allylic oxidation sites excluding steroid dienone is 14. The normalized spacial score (nSPS) is 12.6. The van der Waals surface area contributed by atoms with Crippen molar-refractivity contribution in [2.24, 2.45) is 0 Å². The van der Waals surface area contributed by atoms with Gasteiger partial charge in [-0.1, -0.05) is 311 Å². The van der Waals surface area contributed by atoms with E-state index >= 15 is 0 Å². The number of ether oxygens (including phenoxy) is 3. The second-order valence-corrected chi connectivity index (χ2v) is 22.7. The number of rotatable bonds is 62. The second kappa shape index (κ2) is 67.1. The highest BCUT2D eigenvalue weighted by molar-refractivity contribution is 5.71. The van der Waals surface area contributed by atoms with Gasteiger partial charge in [0.1, 0.15) is 13.2 Å². The minimum Gasteiger partial charge on any atom is -0.462 e. The van der Waals surface area contributed by atoms with Crippen LogP contribution in [0.4, 0.5) is 0 Å². The number of hydrogen-bond acceptors (Lipinski definition) is 6. The van der Waals surface area contributed by atoms with Crippen LogP contribution in [-0.4, -0.2) is 37.2 Å². The summed E-state index contributed by atoms with van der Waals surface area (Å²) < 4.78 is 17.0. The zero-order valence-corrected chi connectivity index (χ0v) is 52.4. The summed E-state index contributed by atoms with van der Waals surface area (Å²) in [6, 6.07) is 0. The van der Waals surface area contributed by atoms with Crippen LogP contribution in [0.1, 0.15) is 342 Å². The molecule has 0 saturated heterocycles. The molecule has 0 aliphatic carbocycles. The quantitative estimate of drug-likeness (QED) is 0.0261. The van der Waals surface area contributed by atoms with E-state index in [1.54, 1.807) is 0 Å². The molecule has 0 bridgehead atoms. The lowest BCUT2D eigenvalue weighted by Gasteiger charge is -2.18. The van der Waals surface area contributed by atoms with Crippen LogP contribution in [0.5, 0.6) is 0 Å². The fourth-order valence-corrected chi connectivity index (χ4v) is 9.80. The molecule has 6 nitrogen and oxygen atoms in total. The van der Waals surface area contributed by atoms with Crippen LogP contribution in [0.15, 0.2) is 85.1 Å². The molecule has 6 heteroatoms. The van der Waals surface area contributed by atoms with Crippen LogP contribution in [0.2, 0.25) is 0 Å². The van der Waals surface area contributed by atoms with Crippen LogP contribution in [-0.2, 0) is 28.6 Å². The zero-order valence-electron chi connectivity index (χ0n) is 52.4. The van der Waals surface area contributed by atoms with Crippen LogP contribution in [0.3, 0.4) is 0 Å². The molecule has 79 heavy (non-hydrogen) atoms. The molecule has 0 aliphatic heterocycles. The molecule has 1 atom stereocenters. The first-order valence-corrected chi connectivity index (χ1v) is 34.1. The van der Waals surface area contributed by atoms with Gasteiger partial charge in [-0.25, -0.2) is 0 Å². The van der Waals surface area contributed by atoms with Gasteiger partial charge < -0.3 is 14.2 Å². The van der Waals surface area contributed by atoms with E-state index in [0.29, 0.717) is 19.3 Å². The van der Waals surface area contributed by atoms with Gasteiger partial charge in [0.05, 0.1) is 0 Å². The molecular weight excluding hydrogens is 973 g/mol. The Hall–Kier alpha value is -3.41. The molecule has 0 rings (SSSR count). The summed E-state index contributed by atoms with van der Waals surface area (Å²) in [5.41, 5.74) is 0. The Morgan fingerprint density at radius 2 is 0.494 bits per heavy atom. The summed E-state index contributed by atoms with van der Waals surface area (Å²) in [6.45, 7) is 6.54. The molecule has 0 N–H and O–H groups in total. The molecule has 0 aromatic rings. The summed E-state index contributed by atoms with van der Waals surface area (Å²) in [6.07, 6.45) is 88.8. The van der Waals surface area contributed by atoms with E-state index < -0.39 is 6.10 Å². The van der Waals surface area contributed by atoms with E-state index in [2.05, 4.69) is 106 Å². The largest absolute Gasteiger partial charge is 0.462 e. The van der Waals surface area contributed by atoms with E-state index in [1.165, 1.54) is 186 Å². The summed E-state index contributed by atoms with van der Waals surface area (Å²) >= 11 is 0. The highest BCUT2D eigenvalue weighted by Gasteiger charge is 2.19. The molecule has 0 saturated carbocycles. The predicted molar refractivity (Wildman–Crippen MR) is 344 cm³/mol. The van der Waals surface area contributed by atoms with Crippen molar-refractivity contribution < 1.29 is 28.6 Å². The molecule has 0 aromatic heterocycles. The van der Waals surface area contributed by atoms with Crippen molar-refractivity contribution in [3.05, 3.63) is 85.1 Å². The summed E-state index contributed by atoms with van der Waals surface area (Å²) in [5.74, 6) is -0.882. The van der Waals surface area contributed by atoms with E-state index in [1.807, 2.05) is 0 Å². The molecule has 0 aromatic carbocycles. The van der Waals surface area contributed by atoms with Crippen molar-refractivity contribution in [3.63, 3.8) is 0 Å². The average Bonchev–Trinajstić information content (AvgIpc) is 3.45. The minimum absolute atomic E-state index is 0.0814. The fourth-order valence-electron chi connectivity index (χ4n) is 9.80. The number of esters is 3. The first-order valence-electron chi connectivity index (χ1n) is 34.1. The zero-order chi connectivity index (χ0) is 57.1. The van der Waals surface area contributed by atoms with Crippen LogP contribution in [0, 0.1) is 0 Å². The van der Waals surface area contributed by atoms with Crippen molar-refractivity contribution in [2.45, 2.75) is 348 Å². The fraction of sp³-hybridized carbons (Fsp3) is 0.767. The number of carbonyl (C=O) groups is 3. The van der Waals surface area contributed by atoms with E-state index in [4.69, 9.17) is 14.2 Å². The lowest BCUT2D eigenvalue weighted by atomic mass is 10.0. The van der Waals surface area contributed by atoms with Crippen LogP contribution >= 0.6 is 0 Å². The van der Waals surface area contributed by atoms with Gasteiger partial charge in [-0.05, 0) is 96.3 Å². The first-order chi connectivity index (χ1) is 39.0. The summed E-state index contributed by atoms with van der Waals surface area (Å²) in [4.78, 5) is 38.4. The molecule has 0 aliphatic rings. The molecule has 0 amide bonds. The van der Waals surface area contributed by atoms with Gasteiger partial charge in [-0.2, -0.15) is 0 Å². The van der Waals surface area contributed by atoms with Crippen LogP contribution in [0.25, 0.3) is 0 Å². The maximum atomic E-state index is 12.9. The number of hydrogen-bond donors (Lipinski definition) is 0. The average molecular weight is 1100 g/mol. The Bertz CT molecular complexity index is 1500. The van der Waals surface area contributed by atoms with Gasteiger partial charge >= 0.3 is 17.9 Å². The van der Waals surface area contributed by atoms with Gasteiger partial charge in [-0.3, -0.25) is 14.4 Å². The highest BCUT2D eigenvalue weighted by atomic mass is 16.6. The Labute approximate surface area is 490 Å². The lowest BCUT2D eigenvalue weighted by molar-refractivity contribution is -0.167. The van der Waals surface area contributed by atoms with Crippen molar-refractivity contribution in [1.82, 2.24) is 0 Å². The molecule has 1 unspecified atom stereocenters. The molecule has 0 spiro atoms. The monoisotopic (exact) mass is 1100 g/mol. The van der Waals surface area contributed by atoms with Crippen LogP contribution < -0.4 is 0 Å². The molecule has 0 heterocycles. The third-order valence-electron chi connectivity index (χ3n) is 14.9. The van der Waals surface area contributed by atoms with E-state index in [0.717, 1.165) is 116 Å². The van der Waals surface area contributed by atoms with Crippen molar-refractivity contribution in [2.75, 3.05) is 13.2 Å². The molecular formula is C73H128O6. The molecule has 0 radical (unpaired) electrons. The lowest BCUT2D eigenvalue weighted by Crippen LogP contribution is -2.30. The van der Waals surface area contributed by atoms with Crippen molar-refractivity contribution in [1.29, 1.82) is 0 Å². The van der Waals surface area contributed by atoms with Crippen molar-refractivity contribution >= 4 is 17.9 Å². The topological polar surface area (TPSA) is 78.9 Å². The number of carbonyl (C=O) groups excluding carboxylic acids is 3. The highest BCUT2D eigenvalue weighted by Crippen LogP contribution is 2.17. The Morgan fingerprint density at radius 1 is 0.266 bits per heavy atom. The van der Waals surface area contributed by atoms with Crippen molar-refractivity contribution in [3.8, 4) is 0 Å². The maximum Gasteiger partial charge on any atom is 0.306 e.